The van der Waals surface area contributed by atoms with Crippen LogP contribution >= 0.6 is 0 Å². The van der Waals surface area contributed by atoms with Gasteiger partial charge in [-0.2, -0.15) is 4.98 Å². The Morgan fingerprint density at radius 1 is 1.16 bits per heavy atom. The van der Waals surface area contributed by atoms with Crippen LogP contribution in [0.5, 0.6) is 0 Å². The third-order valence-corrected chi connectivity index (χ3v) is 9.96. The molecule has 1 spiro atoms. The molecule has 1 aromatic rings. The predicted molar refractivity (Wildman–Crippen MR) is 119 cm³/mol. The average molecular weight is 445 g/mol. The minimum Gasteiger partial charge on any atom is -0.375 e. The molecule has 2 saturated heterocycles. The SMILES string of the molecule is O=S1(=O)CCc2nc(N3C[C@H]4CC=CC[C@H]4C3)nc(NCC3CCOC4(CCC4)C3)c21. The van der Waals surface area contributed by atoms with Crippen molar-refractivity contribution in [3.8, 4) is 0 Å². The lowest BCUT2D eigenvalue weighted by Crippen LogP contribution is -2.46. The molecule has 3 fully saturated rings. The molecule has 5 aliphatic rings. The fourth-order valence-electron chi connectivity index (χ4n) is 6.22. The van der Waals surface area contributed by atoms with E-state index in [4.69, 9.17) is 14.7 Å². The van der Waals surface area contributed by atoms with Gasteiger partial charge >= 0.3 is 0 Å². The summed E-state index contributed by atoms with van der Waals surface area (Å²) in [6.45, 7) is 3.48. The number of allylic oxidation sites excluding steroid dienone is 2. The Balaban J connectivity index is 1.24. The lowest BCUT2D eigenvalue weighted by atomic mass is 9.72. The Morgan fingerprint density at radius 2 is 1.94 bits per heavy atom. The van der Waals surface area contributed by atoms with Crippen LogP contribution in [0.3, 0.4) is 0 Å². The second kappa shape index (κ2) is 7.44. The summed E-state index contributed by atoms with van der Waals surface area (Å²) in [5, 5.41) is 3.46. The first kappa shape index (κ1) is 20.0. The molecule has 0 aromatic carbocycles. The van der Waals surface area contributed by atoms with Gasteiger partial charge in [0.2, 0.25) is 5.95 Å². The number of aromatic nitrogens is 2. The molecular weight excluding hydrogens is 412 g/mol. The Labute approximate surface area is 184 Å². The number of sulfone groups is 1. The molecule has 1 N–H and O–H groups in total. The van der Waals surface area contributed by atoms with E-state index in [0.29, 0.717) is 46.5 Å². The maximum Gasteiger partial charge on any atom is 0.227 e. The van der Waals surface area contributed by atoms with Gasteiger partial charge < -0.3 is 15.0 Å². The Morgan fingerprint density at radius 3 is 2.65 bits per heavy atom. The summed E-state index contributed by atoms with van der Waals surface area (Å²) >= 11 is 0. The molecule has 1 unspecified atom stereocenters. The zero-order chi connectivity index (χ0) is 21.1. The summed E-state index contributed by atoms with van der Waals surface area (Å²) in [5.41, 5.74) is 0.790. The zero-order valence-electron chi connectivity index (χ0n) is 18.1. The number of nitrogens with one attached hydrogen (secondary N) is 1. The highest BCUT2D eigenvalue weighted by molar-refractivity contribution is 7.91. The number of hydrogen-bond donors (Lipinski definition) is 1. The first-order chi connectivity index (χ1) is 15.0. The van der Waals surface area contributed by atoms with Crippen LogP contribution in [0.1, 0.15) is 50.6 Å². The van der Waals surface area contributed by atoms with E-state index < -0.39 is 9.84 Å². The summed E-state index contributed by atoms with van der Waals surface area (Å²) in [6.07, 6.45) is 13.0. The molecular formula is C23H32N4O3S. The Bertz CT molecular complexity index is 988. The second-order valence-electron chi connectivity index (χ2n) is 10.2. The fourth-order valence-corrected chi connectivity index (χ4v) is 7.80. The van der Waals surface area contributed by atoms with Crippen LogP contribution in [0.2, 0.25) is 0 Å². The van der Waals surface area contributed by atoms with Crippen LogP contribution in [0.15, 0.2) is 17.0 Å². The second-order valence-corrected chi connectivity index (χ2v) is 12.3. The number of nitrogens with zero attached hydrogens (tertiary/aromatic N) is 3. The van der Waals surface area contributed by atoms with E-state index in [0.717, 1.165) is 64.8 Å². The number of rotatable bonds is 4. The molecule has 3 atom stereocenters. The van der Waals surface area contributed by atoms with Crippen molar-refractivity contribution in [1.82, 2.24) is 9.97 Å². The highest BCUT2D eigenvalue weighted by atomic mass is 32.2. The van der Waals surface area contributed by atoms with Crippen LogP contribution in [0.25, 0.3) is 0 Å². The molecule has 1 aromatic heterocycles. The smallest absolute Gasteiger partial charge is 0.227 e. The van der Waals surface area contributed by atoms with Crippen molar-refractivity contribution >= 4 is 21.6 Å². The van der Waals surface area contributed by atoms with Gasteiger partial charge in [0.15, 0.2) is 15.7 Å². The summed E-state index contributed by atoms with van der Waals surface area (Å²) in [5.74, 6) is 3.18. The van der Waals surface area contributed by atoms with Crippen LogP contribution in [0.4, 0.5) is 11.8 Å². The van der Waals surface area contributed by atoms with E-state index in [9.17, 15) is 8.42 Å². The highest BCUT2D eigenvalue weighted by Gasteiger charge is 2.43. The molecule has 168 valence electrons. The summed E-state index contributed by atoms with van der Waals surface area (Å²) in [7, 11) is -3.31. The third kappa shape index (κ3) is 3.55. The van der Waals surface area contributed by atoms with Crippen molar-refractivity contribution in [3.05, 3.63) is 17.8 Å². The van der Waals surface area contributed by atoms with Gasteiger partial charge in [0.05, 0.1) is 17.0 Å². The van der Waals surface area contributed by atoms with Crippen molar-refractivity contribution in [2.45, 2.75) is 61.9 Å². The Hall–Kier alpha value is -1.67. The quantitative estimate of drug-likeness (QED) is 0.715. The first-order valence-electron chi connectivity index (χ1n) is 11.9. The van der Waals surface area contributed by atoms with Crippen molar-refractivity contribution in [2.75, 3.05) is 42.2 Å². The molecule has 8 heteroatoms. The van der Waals surface area contributed by atoms with Gasteiger partial charge in [-0.25, -0.2) is 13.4 Å². The number of fused-ring (bicyclic) bond motifs is 2. The van der Waals surface area contributed by atoms with Gasteiger partial charge in [-0.15, -0.1) is 0 Å². The van der Waals surface area contributed by atoms with E-state index in [1.54, 1.807) is 0 Å². The van der Waals surface area contributed by atoms with Crippen LogP contribution in [-0.2, 0) is 21.0 Å². The monoisotopic (exact) mass is 444 g/mol. The molecule has 0 amide bonds. The molecule has 1 saturated carbocycles. The van der Waals surface area contributed by atoms with Gasteiger partial charge in [-0.05, 0) is 62.7 Å². The van der Waals surface area contributed by atoms with Crippen LogP contribution < -0.4 is 10.2 Å². The molecule has 7 nitrogen and oxygen atoms in total. The first-order valence-corrected chi connectivity index (χ1v) is 13.6. The van der Waals surface area contributed by atoms with Gasteiger partial charge in [-0.3, -0.25) is 0 Å². The molecule has 0 radical (unpaired) electrons. The highest BCUT2D eigenvalue weighted by Crippen LogP contribution is 2.44. The maximum atomic E-state index is 12.8. The number of ether oxygens (including phenoxy) is 1. The minimum atomic E-state index is -3.31. The van der Waals surface area contributed by atoms with E-state index in [-0.39, 0.29) is 11.4 Å². The maximum absolute atomic E-state index is 12.8. The van der Waals surface area contributed by atoms with E-state index in [1.807, 2.05) is 0 Å². The summed E-state index contributed by atoms with van der Waals surface area (Å²) in [6, 6.07) is 0. The van der Waals surface area contributed by atoms with Gasteiger partial charge in [0, 0.05) is 32.7 Å². The minimum absolute atomic E-state index is 0.0926. The molecule has 6 rings (SSSR count). The van der Waals surface area contributed by atoms with Gasteiger partial charge in [0.25, 0.3) is 0 Å². The van der Waals surface area contributed by atoms with Gasteiger partial charge in [-0.1, -0.05) is 12.2 Å². The van der Waals surface area contributed by atoms with Crippen molar-refractivity contribution in [1.29, 1.82) is 0 Å². The topological polar surface area (TPSA) is 84.4 Å². The molecule has 0 bridgehead atoms. The molecule has 4 heterocycles. The normalized spacial score (nSPS) is 32.5. The summed E-state index contributed by atoms with van der Waals surface area (Å²) < 4.78 is 31.6. The molecule has 31 heavy (non-hydrogen) atoms. The fraction of sp³-hybridized carbons (Fsp3) is 0.739. The number of anilines is 2. The lowest BCUT2D eigenvalue weighted by Gasteiger charge is -2.47. The largest absolute Gasteiger partial charge is 0.375 e. The van der Waals surface area contributed by atoms with E-state index in [1.165, 1.54) is 6.42 Å². The van der Waals surface area contributed by atoms with E-state index >= 15 is 0 Å². The average Bonchev–Trinajstić information content (AvgIpc) is 3.32. The standard InChI is InChI=1S/C23H32N4O3S/c28-31(29)11-7-19-20(31)21(24-13-16-6-10-30-23(12-16)8-3-9-23)26-22(25-19)27-14-17-4-1-2-5-18(17)15-27/h1-2,16-18H,3-15H2,(H,24,25,26)/t16?,17-,18+. The Kier molecular flexibility index (Phi) is 4.79. The number of aryl methyl sites for hydroxylation is 1. The van der Waals surface area contributed by atoms with Crippen molar-refractivity contribution in [2.24, 2.45) is 17.8 Å². The van der Waals surface area contributed by atoms with Crippen molar-refractivity contribution < 1.29 is 13.2 Å². The van der Waals surface area contributed by atoms with Crippen molar-refractivity contribution in [3.63, 3.8) is 0 Å². The van der Waals surface area contributed by atoms with E-state index in [2.05, 4.69) is 22.4 Å². The third-order valence-electron chi connectivity index (χ3n) is 8.16. The zero-order valence-corrected chi connectivity index (χ0v) is 18.9. The predicted octanol–water partition coefficient (Wildman–Crippen LogP) is 2.97. The number of hydrogen-bond acceptors (Lipinski definition) is 7. The van der Waals surface area contributed by atoms with Gasteiger partial charge in [0.1, 0.15) is 4.90 Å². The summed E-state index contributed by atoms with van der Waals surface area (Å²) in [4.78, 5) is 12.2. The molecule has 3 aliphatic heterocycles. The van der Waals surface area contributed by atoms with Crippen LogP contribution in [-0.4, -0.2) is 56.0 Å². The molecule has 2 aliphatic carbocycles. The van der Waals surface area contributed by atoms with Crippen LogP contribution in [0, 0.1) is 17.8 Å². The lowest BCUT2D eigenvalue weighted by molar-refractivity contribution is -0.141.